The molecule has 184 valence electrons. The molecule has 1 aromatic heterocycles. The molecule has 1 saturated heterocycles. The molecule has 34 heavy (non-hydrogen) atoms. The Morgan fingerprint density at radius 1 is 1.18 bits per heavy atom. The third-order valence-electron chi connectivity index (χ3n) is 5.06. The molecule has 3 rings (SSSR count). The molecule has 1 atom stereocenters. The molecule has 12 heteroatoms. The summed E-state index contributed by atoms with van der Waals surface area (Å²) in [6.07, 6.45) is 0.665. The zero-order valence-electron chi connectivity index (χ0n) is 18.5. The number of methoxy groups -OCH3 is 1. The standard InChI is InChI=1S/C22H25F3N4O5/c1-32-11-12-33-18-7-6-15(22(23,24)25)13-16(18)28-19(30)14-34-20(31)17-5-2-3-10-29(17)21-26-8-4-9-27-21/h4,6-9,13,17H,2-3,5,10-12,14H2,1H3,(H,28,30). The molecular formula is C22H25F3N4O5. The molecule has 1 unspecified atom stereocenters. The molecule has 1 N–H and O–H groups in total. The number of amides is 1. The van der Waals surface area contributed by atoms with Gasteiger partial charge in [0.2, 0.25) is 5.95 Å². The number of piperidine rings is 1. The summed E-state index contributed by atoms with van der Waals surface area (Å²) in [7, 11) is 1.45. The number of esters is 1. The van der Waals surface area contributed by atoms with E-state index in [0.29, 0.717) is 18.9 Å². The maximum Gasteiger partial charge on any atom is 0.416 e. The van der Waals surface area contributed by atoms with Gasteiger partial charge in [-0.2, -0.15) is 13.2 Å². The summed E-state index contributed by atoms with van der Waals surface area (Å²) in [6.45, 7) is 0.156. The Balaban J connectivity index is 1.64. The molecule has 1 fully saturated rings. The second-order valence-corrected chi connectivity index (χ2v) is 7.46. The van der Waals surface area contributed by atoms with Crippen molar-refractivity contribution in [3.05, 3.63) is 42.2 Å². The fraction of sp³-hybridized carbons (Fsp3) is 0.455. The SMILES string of the molecule is COCCOc1ccc(C(F)(F)F)cc1NC(=O)COC(=O)C1CCCCN1c1ncccn1. The van der Waals surface area contributed by atoms with E-state index in [1.807, 2.05) is 0 Å². The van der Waals surface area contributed by atoms with Gasteiger partial charge in [0.15, 0.2) is 6.61 Å². The number of alkyl halides is 3. The van der Waals surface area contributed by atoms with E-state index in [1.165, 1.54) is 7.11 Å². The number of rotatable bonds is 9. The van der Waals surface area contributed by atoms with Crippen LogP contribution in [0.3, 0.4) is 0 Å². The van der Waals surface area contributed by atoms with Crippen LogP contribution in [0, 0.1) is 0 Å². The van der Waals surface area contributed by atoms with Crippen LogP contribution in [-0.2, 0) is 25.2 Å². The molecule has 1 amide bonds. The van der Waals surface area contributed by atoms with Crippen molar-refractivity contribution in [2.75, 3.05) is 43.7 Å². The van der Waals surface area contributed by atoms with Crippen LogP contribution in [0.5, 0.6) is 5.75 Å². The Labute approximate surface area is 194 Å². The monoisotopic (exact) mass is 482 g/mol. The number of benzene rings is 1. The van der Waals surface area contributed by atoms with Gasteiger partial charge in [-0.25, -0.2) is 14.8 Å². The van der Waals surface area contributed by atoms with E-state index in [2.05, 4.69) is 15.3 Å². The van der Waals surface area contributed by atoms with Crippen molar-refractivity contribution in [2.24, 2.45) is 0 Å². The Hall–Kier alpha value is -3.41. The number of anilines is 2. The maximum atomic E-state index is 13.1. The van der Waals surface area contributed by atoms with Gasteiger partial charge in [-0.1, -0.05) is 0 Å². The van der Waals surface area contributed by atoms with E-state index in [4.69, 9.17) is 14.2 Å². The molecule has 0 radical (unpaired) electrons. The van der Waals surface area contributed by atoms with Gasteiger partial charge in [0, 0.05) is 26.0 Å². The summed E-state index contributed by atoms with van der Waals surface area (Å²) in [5.41, 5.74) is -1.15. The zero-order chi connectivity index (χ0) is 24.6. The molecular weight excluding hydrogens is 457 g/mol. The lowest BCUT2D eigenvalue weighted by atomic mass is 10.0. The Bertz CT molecular complexity index is 975. The van der Waals surface area contributed by atoms with Gasteiger partial charge >= 0.3 is 12.1 Å². The van der Waals surface area contributed by atoms with E-state index >= 15 is 0 Å². The van der Waals surface area contributed by atoms with Crippen LogP contribution in [0.1, 0.15) is 24.8 Å². The summed E-state index contributed by atoms with van der Waals surface area (Å²) in [5.74, 6) is -1.02. The second-order valence-electron chi connectivity index (χ2n) is 7.46. The first-order valence-corrected chi connectivity index (χ1v) is 10.6. The number of halogens is 3. The minimum atomic E-state index is -4.61. The highest BCUT2D eigenvalue weighted by Crippen LogP contribution is 2.35. The predicted molar refractivity (Wildman–Crippen MR) is 115 cm³/mol. The number of carbonyl (C=O) groups excluding carboxylic acids is 2. The highest BCUT2D eigenvalue weighted by Gasteiger charge is 2.33. The second kappa shape index (κ2) is 11.6. The normalized spacial score (nSPS) is 16.1. The van der Waals surface area contributed by atoms with Crippen LogP contribution in [-0.4, -0.2) is 61.4 Å². The summed E-state index contributed by atoms with van der Waals surface area (Å²) < 4.78 is 54.8. The first-order chi connectivity index (χ1) is 16.3. The number of carbonyl (C=O) groups is 2. The number of aromatic nitrogens is 2. The molecule has 1 aliphatic heterocycles. The van der Waals surface area contributed by atoms with Crippen LogP contribution in [0.2, 0.25) is 0 Å². The fourth-order valence-electron chi connectivity index (χ4n) is 3.44. The van der Waals surface area contributed by atoms with Crippen LogP contribution in [0.25, 0.3) is 0 Å². The molecule has 1 aromatic carbocycles. The van der Waals surface area contributed by atoms with Gasteiger partial charge in [-0.05, 0) is 43.5 Å². The number of nitrogens with one attached hydrogen (secondary N) is 1. The molecule has 0 bridgehead atoms. The fourth-order valence-corrected chi connectivity index (χ4v) is 3.44. The first-order valence-electron chi connectivity index (χ1n) is 10.6. The highest BCUT2D eigenvalue weighted by atomic mass is 19.4. The lowest BCUT2D eigenvalue weighted by Gasteiger charge is -2.33. The number of hydrogen-bond donors (Lipinski definition) is 1. The van der Waals surface area contributed by atoms with Gasteiger partial charge in [-0.15, -0.1) is 0 Å². The van der Waals surface area contributed by atoms with Crippen molar-refractivity contribution in [3.63, 3.8) is 0 Å². The third-order valence-corrected chi connectivity index (χ3v) is 5.06. The Morgan fingerprint density at radius 2 is 1.94 bits per heavy atom. The van der Waals surface area contributed by atoms with Crippen molar-refractivity contribution >= 4 is 23.5 Å². The Morgan fingerprint density at radius 3 is 2.65 bits per heavy atom. The maximum absolute atomic E-state index is 13.1. The third kappa shape index (κ3) is 6.80. The largest absolute Gasteiger partial charge is 0.489 e. The molecule has 1 aliphatic rings. The summed E-state index contributed by atoms with van der Waals surface area (Å²) in [6, 6.07) is 3.72. The van der Waals surface area contributed by atoms with Crippen molar-refractivity contribution in [1.82, 2.24) is 9.97 Å². The van der Waals surface area contributed by atoms with Crippen molar-refractivity contribution < 1.29 is 37.0 Å². The van der Waals surface area contributed by atoms with Gasteiger partial charge in [0.25, 0.3) is 5.91 Å². The number of ether oxygens (including phenoxy) is 3. The van der Waals surface area contributed by atoms with Gasteiger partial charge < -0.3 is 24.4 Å². The van der Waals surface area contributed by atoms with Gasteiger partial charge in [-0.3, -0.25) is 4.79 Å². The molecule has 0 spiro atoms. The predicted octanol–water partition coefficient (Wildman–Crippen LogP) is 3.06. The topological polar surface area (TPSA) is 103 Å². The molecule has 0 saturated carbocycles. The van der Waals surface area contributed by atoms with Crippen molar-refractivity contribution in [2.45, 2.75) is 31.5 Å². The summed E-state index contributed by atoms with van der Waals surface area (Å²) in [4.78, 5) is 35.1. The van der Waals surface area contributed by atoms with E-state index in [-0.39, 0.29) is 24.7 Å². The van der Waals surface area contributed by atoms with Crippen LogP contribution < -0.4 is 15.0 Å². The Kier molecular flexibility index (Phi) is 8.63. The average Bonchev–Trinajstić information content (AvgIpc) is 2.83. The summed E-state index contributed by atoms with van der Waals surface area (Å²) in [5, 5.41) is 2.33. The summed E-state index contributed by atoms with van der Waals surface area (Å²) >= 11 is 0. The average molecular weight is 482 g/mol. The van der Waals surface area contributed by atoms with E-state index in [9.17, 15) is 22.8 Å². The van der Waals surface area contributed by atoms with Crippen molar-refractivity contribution in [3.8, 4) is 5.75 Å². The first kappa shape index (κ1) is 25.2. The minimum absolute atomic E-state index is 0.0319. The molecule has 0 aliphatic carbocycles. The molecule has 2 heterocycles. The van der Waals surface area contributed by atoms with E-state index < -0.39 is 36.3 Å². The van der Waals surface area contributed by atoms with Crippen molar-refractivity contribution in [1.29, 1.82) is 0 Å². The lowest BCUT2D eigenvalue weighted by molar-refractivity contribution is -0.149. The molecule has 9 nitrogen and oxygen atoms in total. The van der Waals surface area contributed by atoms with Gasteiger partial charge in [0.05, 0.1) is 17.9 Å². The van der Waals surface area contributed by atoms with Crippen LogP contribution >= 0.6 is 0 Å². The van der Waals surface area contributed by atoms with Crippen LogP contribution in [0.4, 0.5) is 24.8 Å². The zero-order valence-corrected chi connectivity index (χ0v) is 18.5. The number of hydrogen-bond acceptors (Lipinski definition) is 8. The smallest absolute Gasteiger partial charge is 0.416 e. The quantitative estimate of drug-likeness (QED) is 0.430. The highest BCUT2D eigenvalue weighted by molar-refractivity contribution is 5.94. The van der Waals surface area contributed by atoms with Gasteiger partial charge in [0.1, 0.15) is 18.4 Å². The van der Waals surface area contributed by atoms with Crippen LogP contribution in [0.15, 0.2) is 36.7 Å². The minimum Gasteiger partial charge on any atom is -0.489 e. The lowest BCUT2D eigenvalue weighted by Crippen LogP contribution is -2.47. The number of nitrogens with zero attached hydrogens (tertiary/aromatic N) is 3. The molecule has 2 aromatic rings. The van der Waals surface area contributed by atoms with E-state index in [0.717, 1.165) is 31.0 Å². The van der Waals surface area contributed by atoms with E-state index in [1.54, 1.807) is 23.4 Å².